The lowest BCUT2D eigenvalue weighted by Gasteiger charge is -2.29. The minimum Gasteiger partial charge on any atom is -0.347 e. The number of aromatic nitrogens is 2. The molecule has 1 aromatic heterocycles. The van der Waals surface area contributed by atoms with Gasteiger partial charge in [-0.2, -0.15) is 4.37 Å². The van der Waals surface area contributed by atoms with Gasteiger partial charge in [-0.15, -0.1) is 0 Å². The van der Waals surface area contributed by atoms with E-state index in [4.69, 9.17) is 0 Å². The zero-order valence-electron chi connectivity index (χ0n) is 10.5. The molecule has 1 heterocycles. The first kappa shape index (κ1) is 12.5. The summed E-state index contributed by atoms with van der Waals surface area (Å²) in [6.45, 7) is 2.14. The average molecular weight is 253 g/mol. The number of ketones is 1. The monoisotopic (exact) mass is 253 g/mol. The van der Waals surface area contributed by atoms with E-state index in [9.17, 15) is 4.79 Å². The first-order valence-corrected chi connectivity index (χ1v) is 7.05. The van der Waals surface area contributed by atoms with Crippen LogP contribution in [0.25, 0.3) is 0 Å². The number of rotatable bonds is 4. The van der Waals surface area contributed by atoms with E-state index in [1.807, 2.05) is 0 Å². The zero-order chi connectivity index (χ0) is 12.3. The van der Waals surface area contributed by atoms with Crippen molar-refractivity contribution in [3.8, 4) is 0 Å². The van der Waals surface area contributed by atoms with Gasteiger partial charge in [0.05, 0.1) is 0 Å². The second-order valence-corrected chi connectivity index (χ2v) is 5.35. The lowest BCUT2D eigenvalue weighted by atomic mass is 9.94. The van der Waals surface area contributed by atoms with Gasteiger partial charge in [-0.3, -0.25) is 4.79 Å². The third-order valence-electron chi connectivity index (χ3n) is 3.29. The van der Waals surface area contributed by atoms with E-state index >= 15 is 0 Å². The van der Waals surface area contributed by atoms with Crippen molar-refractivity contribution >= 4 is 22.4 Å². The molecule has 94 valence electrons. The lowest BCUT2D eigenvalue weighted by molar-refractivity contribution is -0.120. The molecule has 5 heteroatoms. The Hall–Kier alpha value is -0.970. The summed E-state index contributed by atoms with van der Waals surface area (Å²) in [7, 11) is 2.07. The summed E-state index contributed by atoms with van der Waals surface area (Å²) in [4.78, 5) is 18.0. The number of carbonyl (C=O) groups is 1. The maximum atomic E-state index is 11.2. The molecule has 1 aromatic rings. The van der Waals surface area contributed by atoms with Crippen molar-refractivity contribution in [2.24, 2.45) is 0 Å². The molecular formula is C12H19N3OS. The van der Waals surface area contributed by atoms with Crippen LogP contribution in [0.1, 0.15) is 44.9 Å². The number of hydrogen-bond donors (Lipinski definition) is 0. The Kier molecular flexibility index (Phi) is 4.10. The Labute approximate surface area is 106 Å². The van der Waals surface area contributed by atoms with Gasteiger partial charge in [-0.25, -0.2) is 4.98 Å². The molecule has 4 nitrogen and oxygen atoms in total. The Bertz CT molecular complexity index is 381. The fourth-order valence-electron chi connectivity index (χ4n) is 2.18. The third-order valence-corrected chi connectivity index (χ3v) is 4.14. The molecule has 0 aromatic carbocycles. The quantitative estimate of drug-likeness (QED) is 0.827. The average Bonchev–Trinajstić information content (AvgIpc) is 2.78. The highest BCUT2D eigenvalue weighted by Crippen LogP contribution is 2.26. The van der Waals surface area contributed by atoms with Crippen molar-refractivity contribution in [3.63, 3.8) is 0 Å². The minimum absolute atomic E-state index is 0.401. The van der Waals surface area contributed by atoms with Crippen LogP contribution in [0.5, 0.6) is 0 Å². The fourth-order valence-corrected chi connectivity index (χ4v) is 2.92. The smallest absolute Gasteiger partial charge is 0.205 e. The highest BCUT2D eigenvalue weighted by molar-refractivity contribution is 7.09. The van der Waals surface area contributed by atoms with Crippen LogP contribution in [-0.4, -0.2) is 28.2 Å². The molecule has 0 radical (unpaired) electrons. The highest BCUT2D eigenvalue weighted by Gasteiger charge is 2.24. The SMILES string of the molecule is CCCc1nsc(N(C)C2CCC(=O)CC2)n1. The van der Waals surface area contributed by atoms with E-state index in [2.05, 4.69) is 28.2 Å². The van der Waals surface area contributed by atoms with E-state index < -0.39 is 0 Å². The third kappa shape index (κ3) is 3.03. The largest absolute Gasteiger partial charge is 0.347 e. The Morgan fingerprint density at radius 1 is 1.41 bits per heavy atom. The van der Waals surface area contributed by atoms with E-state index in [0.29, 0.717) is 11.8 Å². The van der Waals surface area contributed by atoms with Gasteiger partial charge < -0.3 is 4.90 Å². The molecule has 1 aliphatic rings. The maximum Gasteiger partial charge on any atom is 0.205 e. The van der Waals surface area contributed by atoms with Gasteiger partial charge in [0, 0.05) is 43.9 Å². The standard InChI is InChI=1S/C12H19N3OS/c1-3-4-11-13-12(17-14-11)15(2)9-5-7-10(16)8-6-9/h9H,3-8H2,1-2H3. The summed E-state index contributed by atoms with van der Waals surface area (Å²) in [5, 5.41) is 0.993. The first-order valence-electron chi connectivity index (χ1n) is 6.27. The number of carbonyl (C=O) groups excluding carboxylic acids is 1. The zero-order valence-corrected chi connectivity index (χ0v) is 11.3. The summed E-state index contributed by atoms with van der Waals surface area (Å²) < 4.78 is 4.36. The Morgan fingerprint density at radius 2 is 2.12 bits per heavy atom. The molecule has 0 N–H and O–H groups in total. The van der Waals surface area contributed by atoms with Crippen LogP contribution in [0.2, 0.25) is 0 Å². The van der Waals surface area contributed by atoms with Gasteiger partial charge in [0.2, 0.25) is 5.13 Å². The van der Waals surface area contributed by atoms with Crippen LogP contribution in [0, 0.1) is 0 Å². The van der Waals surface area contributed by atoms with Gasteiger partial charge >= 0.3 is 0 Å². The molecule has 0 unspecified atom stereocenters. The Balaban J connectivity index is 1.98. The van der Waals surface area contributed by atoms with Crippen LogP contribution in [0.15, 0.2) is 0 Å². The van der Waals surface area contributed by atoms with Crippen molar-refractivity contribution in [2.45, 2.75) is 51.5 Å². The van der Waals surface area contributed by atoms with Gasteiger partial charge in [0.15, 0.2) is 0 Å². The van der Waals surface area contributed by atoms with Crippen molar-refractivity contribution in [1.82, 2.24) is 9.36 Å². The van der Waals surface area contributed by atoms with E-state index in [1.54, 1.807) is 0 Å². The van der Waals surface area contributed by atoms with Gasteiger partial charge in [-0.1, -0.05) is 6.92 Å². The normalized spacial score (nSPS) is 17.4. The predicted octanol–water partition coefficient (Wildman–Crippen LogP) is 2.44. The number of nitrogens with zero attached hydrogens (tertiary/aromatic N) is 3. The number of anilines is 1. The first-order chi connectivity index (χ1) is 8.20. The van der Waals surface area contributed by atoms with Crippen molar-refractivity contribution < 1.29 is 4.79 Å². The highest BCUT2D eigenvalue weighted by atomic mass is 32.1. The summed E-state index contributed by atoms with van der Waals surface area (Å²) in [5.41, 5.74) is 0. The molecule has 1 aliphatic carbocycles. The maximum absolute atomic E-state index is 11.2. The molecule has 0 atom stereocenters. The molecule has 2 rings (SSSR count). The molecule has 17 heavy (non-hydrogen) atoms. The van der Waals surface area contributed by atoms with E-state index in [0.717, 1.165) is 49.5 Å². The minimum atomic E-state index is 0.401. The number of aryl methyl sites for hydroxylation is 1. The van der Waals surface area contributed by atoms with Crippen molar-refractivity contribution in [1.29, 1.82) is 0 Å². The lowest BCUT2D eigenvalue weighted by Crippen LogP contribution is -2.35. The van der Waals surface area contributed by atoms with Crippen LogP contribution < -0.4 is 4.90 Å². The second-order valence-electron chi connectivity index (χ2n) is 4.62. The van der Waals surface area contributed by atoms with Gasteiger partial charge in [0.25, 0.3) is 0 Å². The van der Waals surface area contributed by atoms with Gasteiger partial charge in [0.1, 0.15) is 11.6 Å². The van der Waals surface area contributed by atoms with Crippen LogP contribution >= 0.6 is 11.5 Å². The van der Waals surface area contributed by atoms with Crippen LogP contribution in [0.4, 0.5) is 5.13 Å². The number of Topliss-reactive ketones (excluding diaryl/α,β-unsaturated/α-hetero) is 1. The van der Waals surface area contributed by atoms with E-state index in [1.165, 1.54) is 11.5 Å². The molecular weight excluding hydrogens is 234 g/mol. The van der Waals surface area contributed by atoms with Crippen LogP contribution in [-0.2, 0) is 11.2 Å². The molecule has 0 spiro atoms. The summed E-state index contributed by atoms with van der Waals surface area (Å²) in [5.74, 6) is 1.35. The molecule has 1 fully saturated rings. The van der Waals surface area contributed by atoms with Crippen molar-refractivity contribution in [2.75, 3.05) is 11.9 Å². The van der Waals surface area contributed by atoms with Crippen molar-refractivity contribution in [3.05, 3.63) is 5.82 Å². The summed E-state index contributed by atoms with van der Waals surface area (Å²) in [6.07, 6.45) is 5.38. The molecule has 0 aliphatic heterocycles. The molecule has 1 saturated carbocycles. The second kappa shape index (κ2) is 5.58. The number of hydrogen-bond acceptors (Lipinski definition) is 5. The molecule has 0 saturated heterocycles. The fraction of sp³-hybridized carbons (Fsp3) is 0.750. The van der Waals surface area contributed by atoms with Gasteiger partial charge in [-0.05, 0) is 19.3 Å². The molecule has 0 amide bonds. The van der Waals surface area contributed by atoms with Crippen LogP contribution in [0.3, 0.4) is 0 Å². The Morgan fingerprint density at radius 3 is 2.76 bits per heavy atom. The van der Waals surface area contributed by atoms with E-state index in [-0.39, 0.29) is 0 Å². The predicted molar refractivity (Wildman–Crippen MR) is 69.6 cm³/mol. The molecule has 0 bridgehead atoms. The summed E-state index contributed by atoms with van der Waals surface area (Å²) in [6, 6.07) is 0.454. The topological polar surface area (TPSA) is 46.1 Å². The summed E-state index contributed by atoms with van der Waals surface area (Å²) >= 11 is 1.47.